The zero-order valence-corrected chi connectivity index (χ0v) is 19.7. The van der Waals surface area contributed by atoms with Crippen molar-refractivity contribution in [1.82, 2.24) is 29.2 Å². The van der Waals surface area contributed by atoms with E-state index in [-0.39, 0.29) is 17.0 Å². The highest BCUT2D eigenvalue weighted by Crippen LogP contribution is 2.14. The first kappa shape index (κ1) is 25.8. The molecule has 1 aliphatic heterocycles. The highest BCUT2D eigenvalue weighted by Gasteiger charge is 2.38. The topological polar surface area (TPSA) is 124 Å². The molecule has 1 fully saturated rings. The molecule has 4 heterocycles. The van der Waals surface area contributed by atoms with E-state index in [4.69, 9.17) is 9.90 Å². The fourth-order valence-electron chi connectivity index (χ4n) is 3.90. The normalized spacial score (nSPS) is 14.4. The van der Waals surface area contributed by atoms with Gasteiger partial charge in [-0.15, -0.1) is 0 Å². The van der Waals surface area contributed by atoms with E-state index >= 15 is 0 Å². The maximum Gasteiger partial charge on any atom is 0.490 e. The molecule has 3 aromatic heterocycles. The third-order valence-electron chi connectivity index (χ3n) is 5.81. The van der Waals surface area contributed by atoms with Crippen LogP contribution in [0.1, 0.15) is 21.7 Å². The number of hydrogen-bond acceptors (Lipinski definition) is 6. The number of amides is 1. The van der Waals surface area contributed by atoms with Gasteiger partial charge in [0.05, 0.1) is 17.6 Å². The van der Waals surface area contributed by atoms with Gasteiger partial charge in [-0.3, -0.25) is 18.9 Å². The van der Waals surface area contributed by atoms with Crippen LogP contribution in [0.25, 0.3) is 16.7 Å². The minimum Gasteiger partial charge on any atom is -0.475 e. The van der Waals surface area contributed by atoms with E-state index < -0.39 is 12.1 Å². The molecular formula is C24H23F3N6O4. The second-order valence-corrected chi connectivity index (χ2v) is 8.48. The number of hydrogen-bond donors (Lipinski definition) is 2. The summed E-state index contributed by atoms with van der Waals surface area (Å²) in [7, 11) is 0. The van der Waals surface area contributed by atoms with Gasteiger partial charge in [0.1, 0.15) is 17.0 Å². The summed E-state index contributed by atoms with van der Waals surface area (Å²) < 4.78 is 33.2. The number of aromatic amines is 1. The van der Waals surface area contributed by atoms with Crippen molar-refractivity contribution in [1.29, 1.82) is 0 Å². The molecule has 0 saturated carbocycles. The number of pyridine rings is 1. The van der Waals surface area contributed by atoms with E-state index in [0.717, 1.165) is 35.5 Å². The molecule has 1 saturated heterocycles. The van der Waals surface area contributed by atoms with Crippen molar-refractivity contribution >= 4 is 28.6 Å². The number of aliphatic carboxylic acids is 1. The number of fused-ring (bicyclic) bond motifs is 2. The molecule has 1 amide bonds. The van der Waals surface area contributed by atoms with Crippen molar-refractivity contribution in [2.24, 2.45) is 0 Å². The van der Waals surface area contributed by atoms with Crippen LogP contribution in [0.3, 0.4) is 0 Å². The summed E-state index contributed by atoms with van der Waals surface area (Å²) in [5, 5.41) is 7.12. The number of carbonyl (C=O) groups is 2. The maximum absolute atomic E-state index is 12.9. The van der Waals surface area contributed by atoms with E-state index in [9.17, 15) is 22.8 Å². The van der Waals surface area contributed by atoms with E-state index in [0.29, 0.717) is 25.3 Å². The molecule has 1 aromatic carbocycles. The molecule has 5 rings (SSSR count). The van der Waals surface area contributed by atoms with Gasteiger partial charge in [-0.05, 0) is 36.8 Å². The zero-order chi connectivity index (χ0) is 26.7. The van der Waals surface area contributed by atoms with Crippen LogP contribution >= 0.6 is 0 Å². The molecule has 37 heavy (non-hydrogen) atoms. The highest BCUT2D eigenvalue weighted by atomic mass is 19.4. The van der Waals surface area contributed by atoms with E-state index in [1.165, 1.54) is 10.6 Å². The van der Waals surface area contributed by atoms with Gasteiger partial charge in [0.2, 0.25) is 0 Å². The Hall–Kier alpha value is -4.26. The van der Waals surface area contributed by atoms with Crippen LogP contribution in [0.15, 0.2) is 53.6 Å². The third kappa shape index (κ3) is 5.94. The summed E-state index contributed by atoms with van der Waals surface area (Å²) in [6.45, 7) is 5.23. The van der Waals surface area contributed by atoms with Crippen molar-refractivity contribution in [3.8, 4) is 0 Å². The van der Waals surface area contributed by atoms with Gasteiger partial charge in [-0.2, -0.15) is 13.2 Å². The molecule has 0 radical (unpaired) electrons. The van der Waals surface area contributed by atoms with Crippen LogP contribution in [0, 0.1) is 6.92 Å². The molecular weight excluding hydrogens is 493 g/mol. The van der Waals surface area contributed by atoms with Gasteiger partial charge in [0.15, 0.2) is 0 Å². The minimum absolute atomic E-state index is 0.113. The molecule has 0 aliphatic carbocycles. The number of carboxylic acids is 1. The van der Waals surface area contributed by atoms with Gasteiger partial charge < -0.3 is 15.0 Å². The number of H-pyrrole nitrogens is 1. The number of piperazine rings is 1. The quantitative estimate of drug-likeness (QED) is 0.429. The minimum atomic E-state index is -5.08. The molecule has 194 valence electrons. The predicted octanol–water partition coefficient (Wildman–Crippen LogP) is 2.47. The molecule has 13 heteroatoms. The van der Waals surface area contributed by atoms with E-state index in [1.807, 2.05) is 43.3 Å². The Bertz CT molecular complexity index is 1470. The van der Waals surface area contributed by atoms with Crippen LogP contribution in [0.2, 0.25) is 0 Å². The molecule has 10 nitrogen and oxygen atoms in total. The Labute approximate surface area is 208 Å². The van der Waals surface area contributed by atoms with Crippen LogP contribution in [0.5, 0.6) is 0 Å². The molecule has 1 aliphatic rings. The monoisotopic (exact) mass is 516 g/mol. The number of carbonyl (C=O) groups excluding carboxylic acids is 1. The van der Waals surface area contributed by atoms with Crippen molar-refractivity contribution < 1.29 is 27.9 Å². The second-order valence-electron chi connectivity index (χ2n) is 8.48. The molecule has 2 N–H and O–H groups in total. The number of aromatic nitrogens is 4. The van der Waals surface area contributed by atoms with Crippen molar-refractivity contribution in [2.75, 3.05) is 26.2 Å². The number of carboxylic acid groups (broad SMARTS) is 1. The molecule has 4 aromatic rings. The number of para-hydroxylation sites is 2. The van der Waals surface area contributed by atoms with Crippen LogP contribution in [-0.2, 0) is 11.3 Å². The Morgan fingerprint density at radius 3 is 2.43 bits per heavy atom. The van der Waals surface area contributed by atoms with E-state index in [1.54, 1.807) is 11.1 Å². The summed E-state index contributed by atoms with van der Waals surface area (Å²) in [6.07, 6.45) is -2.01. The summed E-state index contributed by atoms with van der Waals surface area (Å²) in [4.78, 5) is 50.9. The Kier molecular flexibility index (Phi) is 7.25. The third-order valence-corrected chi connectivity index (χ3v) is 5.81. The number of aryl methyl sites for hydroxylation is 1. The zero-order valence-electron chi connectivity index (χ0n) is 19.7. The fourth-order valence-corrected chi connectivity index (χ4v) is 3.90. The predicted molar refractivity (Wildman–Crippen MR) is 127 cm³/mol. The lowest BCUT2D eigenvalue weighted by Gasteiger charge is -2.34. The van der Waals surface area contributed by atoms with E-state index in [2.05, 4.69) is 19.9 Å². The van der Waals surface area contributed by atoms with Crippen molar-refractivity contribution in [3.63, 3.8) is 0 Å². The first-order valence-corrected chi connectivity index (χ1v) is 11.3. The van der Waals surface area contributed by atoms with Crippen LogP contribution in [-0.4, -0.2) is 78.5 Å². The number of nitrogens with zero attached hydrogens (tertiary/aromatic N) is 5. The maximum atomic E-state index is 12.9. The number of nitrogens with one attached hydrogen (secondary N) is 1. The first-order chi connectivity index (χ1) is 17.5. The van der Waals surface area contributed by atoms with Crippen LogP contribution in [0.4, 0.5) is 13.2 Å². The number of alkyl halides is 3. The number of imidazole rings is 1. The summed E-state index contributed by atoms with van der Waals surface area (Å²) >= 11 is 0. The average molecular weight is 516 g/mol. The van der Waals surface area contributed by atoms with Gasteiger partial charge in [-0.1, -0.05) is 12.1 Å². The lowest BCUT2D eigenvalue weighted by Crippen LogP contribution is -2.49. The Morgan fingerprint density at radius 1 is 1.11 bits per heavy atom. The molecule has 0 spiro atoms. The first-order valence-electron chi connectivity index (χ1n) is 11.3. The Balaban J connectivity index is 0.000000405. The van der Waals surface area contributed by atoms with Gasteiger partial charge in [-0.25, -0.2) is 14.8 Å². The Morgan fingerprint density at radius 2 is 1.78 bits per heavy atom. The lowest BCUT2D eigenvalue weighted by molar-refractivity contribution is -0.192. The van der Waals surface area contributed by atoms with Crippen molar-refractivity contribution in [3.05, 3.63) is 76.1 Å². The summed E-state index contributed by atoms with van der Waals surface area (Å²) in [5.74, 6) is -2.10. The number of benzene rings is 1. The van der Waals surface area contributed by atoms with Gasteiger partial charge in [0, 0.05) is 38.6 Å². The summed E-state index contributed by atoms with van der Waals surface area (Å²) in [6, 6.07) is 11.6. The SMILES string of the molecule is Cc1ccn2c(=O)c(C(=O)N3CCN(Cc4nc5ccccc5[nH]4)CC3)cnc2c1.O=C(O)C(F)(F)F. The largest absolute Gasteiger partial charge is 0.490 e. The number of halogens is 3. The van der Waals surface area contributed by atoms with Gasteiger partial charge >= 0.3 is 12.1 Å². The molecule has 0 unspecified atom stereocenters. The average Bonchev–Trinajstić information content (AvgIpc) is 3.26. The number of rotatable bonds is 3. The second kappa shape index (κ2) is 10.4. The standard InChI is InChI=1S/C22H22N6O2.C2HF3O2/c1-15-6-7-28-20(12-15)23-13-16(22(28)30)21(29)27-10-8-26(9-11-27)14-19-24-17-4-2-3-5-18(17)25-19;3-2(4,5)1(6)7/h2-7,12-13H,8-11,14H2,1H3,(H,24,25);(H,6,7). The molecule has 0 atom stereocenters. The smallest absolute Gasteiger partial charge is 0.475 e. The lowest BCUT2D eigenvalue weighted by atomic mass is 10.2. The summed E-state index contributed by atoms with van der Waals surface area (Å²) in [5.41, 5.74) is 3.34. The van der Waals surface area contributed by atoms with Crippen molar-refractivity contribution in [2.45, 2.75) is 19.6 Å². The fraction of sp³-hybridized carbons (Fsp3) is 0.292. The highest BCUT2D eigenvalue weighted by molar-refractivity contribution is 5.93. The van der Waals surface area contributed by atoms with Crippen LogP contribution < -0.4 is 5.56 Å². The molecule has 0 bridgehead atoms. The van der Waals surface area contributed by atoms with Gasteiger partial charge in [0.25, 0.3) is 11.5 Å².